The SMILES string of the molecule is CC1(C)CCC(CN2CC3(C2)CN(C(=O)c2ccc4c(c2)CN(C2CCC(=O)NC2=O)C4=O)C3)=C(c2ccc(Cl)cc2)C1. The van der Waals surface area contributed by atoms with E-state index in [0.717, 1.165) is 56.2 Å². The van der Waals surface area contributed by atoms with Crippen LogP contribution in [0.1, 0.15) is 77.8 Å². The molecule has 43 heavy (non-hydrogen) atoms. The first kappa shape index (κ1) is 28.3. The van der Waals surface area contributed by atoms with Gasteiger partial charge in [-0.15, -0.1) is 0 Å². The van der Waals surface area contributed by atoms with E-state index in [-0.39, 0.29) is 41.5 Å². The molecular weight excluding hydrogens is 564 g/mol. The molecule has 0 aromatic heterocycles. The zero-order valence-corrected chi connectivity index (χ0v) is 25.5. The molecule has 3 fully saturated rings. The molecule has 1 atom stereocenters. The van der Waals surface area contributed by atoms with Gasteiger partial charge in [-0.05, 0) is 78.1 Å². The van der Waals surface area contributed by atoms with Crippen LogP contribution in [-0.2, 0) is 16.1 Å². The monoisotopic (exact) mass is 600 g/mol. The van der Waals surface area contributed by atoms with E-state index in [1.807, 2.05) is 17.0 Å². The molecule has 8 nitrogen and oxygen atoms in total. The zero-order chi connectivity index (χ0) is 30.1. The number of amides is 4. The van der Waals surface area contributed by atoms with E-state index in [0.29, 0.717) is 17.5 Å². The van der Waals surface area contributed by atoms with Crippen LogP contribution in [-0.4, -0.2) is 77.1 Å². The first-order valence-electron chi connectivity index (χ1n) is 15.3. The van der Waals surface area contributed by atoms with Crippen LogP contribution in [0.4, 0.5) is 0 Å². The van der Waals surface area contributed by atoms with Crippen molar-refractivity contribution in [2.75, 3.05) is 32.7 Å². The van der Waals surface area contributed by atoms with E-state index in [1.165, 1.54) is 28.0 Å². The largest absolute Gasteiger partial charge is 0.337 e. The summed E-state index contributed by atoms with van der Waals surface area (Å²) in [6.45, 7) is 9.44. The number of benzene rings is 2. The Balaban J connectivity index is 0.967. The van der Waals surface area contributed by atoms with Gasteiger partial charge in [-0.1, -0.05) is 43.2 Å². The topological polar surface area (TPSA) is 90.0 Å². The fourth-order valence-corrected chi connectivity index (χ4v) is 7.87. The predicted molar refractivity (Wildman–Crippen MR) is 163 cm³/mol. The highest BCUT2D eigenvalue weighted by molar-refractivity contribution is 6.30. The summed E-state index contributed by atoms with van der Waals surface area (Å²) in [6.07, 6.45) is 3.91. The summed E-state index contributed by atoms with van der Waals surface area (Å²) in [5.74, 6) is -0.977. The van der Waals surface area contributed by atoms with Gasteiger partial charge in [0.15, 0.2) is 0 Å². The second-order valence-electron chi connectivity index (χ2n) is 14.0. The lowest BCUT2D eigenvalue weighted by Crippen LogP contribution is -2.72. The third-order valence-corrected chi connectivity index (χ3v) is 10.3. The van der Waals surface area contributed by atoms with Crippen LogP contribution in [0, 0.1) is 10.8 Å². The first-order valence-corrected chi connectivity index (χ1v) is 15.6. The molecule has 1 N–H and O–H groups in total. The highest BCUT2D eigenvalue weighted by Crippen LogP contribution is 2.46. The molecule has 2 aromatic carbocycles. The minimum Gasteiger partial charge on any atom is -0.337 e. The molecule has 7 rings (SSSR count). The first-order chi connectivity index (χ1) is 20.5. The molecule has 0 radical (unpaired) electrons. The number of halogens is 1. The number of likely N-dealkylation sites (tertiary alicyclic amines) is 2. The molecule has 1 unspecified atom stereocenters. The van der Waals surface area contributed by atoms with Crippen molar-refractivity contribution in [3.8, 4) is 0 Å². The molecule has 3 saturated heterocycles. The van der Waals surface area contributed by atoms with Gasteiger partial charge >= 0.3 is 0 Å². The van der Waals surface area contributed by atoms with Crippen LogP contribution in [0.3, 0.4) is 0 Å². The number of hydrogen-bond acceptors (Lipinski definition) is 5. The maximum atomic E-state index is 13.4. The van der Waals surface area contributed by atoms with Gasteiger partial charge in [0.05, 0.1) is 0 Å². The van der Waals surface area contributed by atoms with Gasteiger partial charge in [0.1, 0.15) is 6.04 Å². The predicted octanol–water partition coefficient (Wildman–Crippen LogP) is 4.52. The highest BCUT2D eigenvalue weighted by atomic mass is 35.5. The van der Waals surface area contributed by atoms with Gasteiger partial charge < -0.3 is 9.80 Å². The van der Waals surface area contributed by atoms with Crippen LogP contribution in [0.5, 0.6) is 0 Å². The summed E-state index contributed by atoms with van der Waals surface area (Å²) in [4.78, 5) is 56.2. The van der Waals surface area contributed by atoms with Crippen molar-refractivity contribution >= 4 is 40.8 Å². The van der Waals surface area contributed by atoms with Crippen molar-refractivity contribution in [1.82, 2.24) is 20.0 Å². The Labute approximate surface area is 257 Å². The number of hydrogen-bond donors (Lipinski definition) is 1. The number of fused-ring (bicyclic) bond motifs is 1. The van der Waals surface area contributed by atoms with Crippen molar-refractivity contribution in [3.05, 3.63) is 75.3 Å². The summed E-state index contributed by atoms with van der Waals surface area (Å²) in [5, 5.41) is 3.09. The van der Waals surface area contributed by atoms with Gasteiger partial charge in [-0.2, -0.15) is 0 Å². The van der Waals surface area contributed by atoms with Gasteiger partial charge in [-0.3, -0.25) is 29.4 Å². The minimum atomic E-state index is -0.660. The Hall–Kier alpha value is -3.49. The smallest absolute Gasteiger partial charge is 0.255 e. The number of nitrogens with one attached hydrogen (secondary N) is 1. The fourth-order valence-electron chi connectivity index (χ4n) is 7.75. The Morgan fingerprint density at radius 1 is 1.00 bits per heavy atom. The summed E-state index contributed by atoms with van der Waals surface area (Å²) in [5.41, 5.74) is 6.58. The van der Waals surface area contributed by atoms with Crippen LogP contribution in [0.2, 0.25) is 5.02 Å². The lowest BCUT2D eigenvalue weighted by Gasteiger charge is -2.60. The maximum Gasteiger partial charge on any atom is 0.255 e. The van der Waals surface area contributed by atoms with Crippen molar-refractivity contribution in [2.24, 2.45) is 10.8 Å². The minimum absolute atomic E-state index is 0.0129. The van der Waals surface area contributed by atoms with E-state index < -0.39 is 11.9 Å². The molecule has 1 spiro atoms. The number of piperidine rings is 1. The second-order valence-corrected chi connectivity index (χ2v) is 14.4. The molecule has 224 valence electrons. The van der Waals surface area contributed by atoms with E-state index in [9.17, 15) is 19.2 Å². The van der Waals surface area contributed by atoms with Crippen molar-refractivity contribution in [3.63, 3.8) is 0 Å². The fraction of sp³-hybridized carbons (Fsp3) is 0.471. The summed E-state index contributed by atoms with van der Waals surface area (Å²) >= 11 is 6.17. The normalized spacial score (nSPS) is 24.5. The van der Waals surface area contributed by atoms with Crippen molar-refractivity contribution in [1.29, 1.82) is 0 Å². The maximum absolute atomic E-state index is 13.4. The van der Waals surface area contributed by atoms with Crippen LogP contribution in [0.15, 0.2) is 48.0 Å². The second kappa shape index (κ2) is 10.3. The number of allylic oxidation sites excluding steroid dienone is 1. The van der Waals surface area contributed by atoms with Crippen LogP contribution < -0.4 is 5.32 Å². The molecule has 0 saturated carbocycles. The molecule has 9 heteroatoms. The summed E-state index contributed by atoms with van der Waals surface area (Å²) in [7, 11) is 0. The third kappa shape index (κ3) is 5.18. The molecular formula is C34H37ClN4O4. The lowest BCUT2D eigenvalue weighted by atomic mass is 9.70. The molecule has 1 aliphatic carbocycles. The average Bonchev–Trinajstić information content (AvgIpc) is 3.25. The standard InChI is InChI=1S/C34H37ClN4O4/c1-33(2)12-11-23(27(14-33)21-3-6-25(35)7-4-21)15-37-17-34(18-37)19-38(20-34)31(42)22-5-8-26-24(13-22)16-39(32(26)43)28-9-10-29(40)36-30(28)41/h3-8,13,28H,9-12,14-20H2,1-2H3,(H,36,40,41). The quantitative estimate of drug-likeness (QED) is 0.510. The highest BCUT2D eigenvalue weighted by Gasteiger charge is 2.53. The third-order valence-electron chi connectivity index (χ3n) is 10.0. The van der Waals surface area contributed by atoms with Gasteiger partial charge in [0, 0.05) is 67.3 Å². The Morgan fingerprint density at radius 3 is 2.47 bits per heavy atom. The van der Waals surface area contributed by atoms with Gasteiger partial charge in [0.25, 0.3) is 11.8 Å². The Kier molecular flexibility index (Phi) is 6.78. The molecule has 0 bridgehead atoms. The number of imide groups is 1. The summed E-state index contributed by atoms with van der Waals surface area (Å²) in [6, 6.07) is 12.8. The average molecular weight is 601 g/mol. The molecule has 2 aromatic rings. The van der Waals surface area contributed by atoms with Gasteiger partial charge in [-0.25, -0.2) is 0 Å². The van der Waals surface area contributed by atoms with Crippen molar-refractivity contribution < 1.29 is 19.2 Å². The van der Waals surface area contributed by atoms with E-state index in [2.05, 4.69) is 36.2 Å². The molecule has 4 heterocycles. The van der Waals surface area contributed by atoms with E-state index in [1.54, 1.807) is 18.2 Å². The Morgan fingerprint density at radius 2 is 1.74 bits per heavy atom. The summed E-state index contributed by atoms with van der Waals surface area (Å²) < 4.78 is 0. The van der Waals surface area contributed by atoms with E-state index >= 15 is 0 Å². The van der Waals surface area contributed by atoms with Crippen molar-refractivity contribution in [2.45, 2.75) is 58.5 Å². The molecule has 5 aliphatic rings. The van der Waals surface area contributed by atoms with Crippen LogP contribution >= 0.6 is 11.6 Å². The van der Waals surface area contributed by atoms with Crippen LogP contribution in [0.25, 0.3) is 5.57 Å². The van der Waals surface area contributed by atoms with Gasteiger partial charge in [0.2, 0.25) is 11.8 Å². The lowest BCUT2D eigenvalue weighted by molar-refractivity contribution is -0.136. The zero-order valence-electron chi connectivity index (χ0n) is 24.7. The number of carbonyl (C=O) groups is 4. The number of carbonyl (C=O) groups excluding carboxylic acids is 4. The number of rotatable bonds is 5. The van der Waals surface area contributed by atoms with E-state index in [4.69, 9.17) is 11.6 Å². The Bertz CT molecular complexity index is 1570. The molecule has 4 aliphatic heterocycles. The number of nitrogens with zero attached hydrogens (tertiary/aromatic N) is 3. The molecule has 4 amide bonds.